The van der Waals surface area contributed by atoms with Gasteiger partial charge >= 0.3 is 0 Å². The van der Waals surface area contributed by atoms with Crippen LogP contribution < -0.4 is 0 Å². The third kappa shape index (κ3) is 2.85. The van der Waals surface area contributed by atoms with E-state index in [1.54, 1.807) is 24.3 Å². The van der Waals surface area contributed by atoms with Crippen molar-refractivity contribution in [3.63, 3.8) is 0 Å². The fourth-order valence-electron chi connectivity index (χ4n) is 2.49. The molecular formula is C14H20O6. The van der Waals surface area contributed by atoms with Gasteiger partial charge in [-0.15, -0.1) is 0 Å². The summed E-state index contributed by atoms with van der Waals surface area (Å²) in [7, 11) is 1.35. The van der Waals surface area contributed by atoms with Gasteiger partial charge in [0.1, 0.15) is 36.6 Å². The van der Waals surface area contributed by atoms with Crippen LogP contribution in [-0.4, -0.2) is 64.7 Å². The molecule has 0 saturated carbocycles. The van der Waals surface area contributed by atoms with E-state index in [4.69, 9.17) is 9.47 Å². The third-order valence-electron chi connectivity index (χ3n) is 3.63. The highest BCUT2D eigenvalue weighted by atomic mass is 16.6. The summed E-state index contributed by atoms with van der Waals surface area (Å²) in [5, 5.41) is 39.7. The van der Waals surface area contributed by atoms with Gasteiger partial charge in [0.2, 0.25) is 0 Å². The highest BCUT2D eigenvalue weighted by molar-refractivity contribution is 5.19. The molecule has 0 radical (unpaired) electrons. The lowest BCUT2D eigenvalue weighted by Crippen LogP contribution is -2.60. The monoisotopic (exact) mass is 284 g/mol. The Morgan fingerprint density at radius 3 is 2.40 bits per heavy atom. The number of ether oxygens (including phenoxy) is 2. The average molecular weight is 284 g/mol. The van der Waals surface area contributed by atoms with E-state index in [0.29, 0.717) is 5.56 Å². The van der Waals surface area contributed by atoms with Crippen LogP contribution in [0.3, 0.4) is 0 Å². The maximum atomic E-state index is 10.3. The molecule has 0 aromatic heterocycles. The van der Waals surface area contributed by atoms with Crippen LogP contribution in [0, 0.1) is 0 Å². The topological polar surface area (TPSA) is 99.4 Å². The smallest absolute Gasteiger partial charge is 0.117 e. The minimum Gasteiger partial charge on any atom is -0.394 e. The zero-order valence-electron chi connectivity index (χ0n) is 11.2. The minimum absolute atomic E-state index is 0.425. The number of aliphatic hydroxyl groups excluding tert-OH is 4. The molecule has 1 aliphatic heterocycles. The van der Waals surface area contributed by atoms with Crippen LogP contribution in [-0.2, 0) is 9.47 Å². The van der Waals surface area contributed by atoms with Crippen LogP contribution in [0.15, 0.2) is 30.3 Å². The van der Waals surface area contributed by atoms with Gasteiger partial charge < -0.3 is 29.9 Å². The van der Waals surface area contributed by atoms with E-state index in [2.05, 4.69) is 0 Å². The molecule has 0 bridgehead atoms. The van der Waals surface area contributed by atoms with Gasteiger partial charge in [-0.3, -0.25) is 0 Å². The van der Waals surface area contributed by atoms with E-state index in [1.807, 2.05) is 6.07 Å². The van der Waals surface area contributed by atoms with Gasteiger partial charge in [-0.1, -0.05) is 30.3 Å². The summed E-state index contributed by atoms with van der Waals surface area (Å²) in [6.45, 7) is -0.425. The highest BCUT2D eigenvalue weighted by Gasteiger charge is 2.47. The second-order valence-electron chi connectivity index (χ2n) is 4.86. The molecule has 4 N–H and O–H groups in total. The van der Waals surface area contributed by atoms with Gasteiger partial charge in [0.25, 0.3) is 0 Å². The van der Waals surface area contributed by atoms with Gasteiger partial charge in [-0.25, -0.2) is 0 Å². The minimum atomic E-state index is -1.20. The van der Waals surface area contributed by atoms with Crippen LogP contribution in [0.4, 0.5) is 0 Å². The van der Waals surface area contributed by atoms with Gasteiger partial charge in [-0.05, 0) is 5.56 Å². The second-order valence-corrected chi connectivity index (χ2v) is 4.86. The Kier molecular flexibility index (Phi) is 5.09. The standard InChI is InChI=1S/C14H20O6/c1-19-13-11(17)9(7-15)20-14(12(13)18)10(16)8-5-3-2-4-6-8/h2-6,9-18H,7H2,1H3/t9-,10-,11-,12+,13-,14-/m1/s1. The SMILES string of the molecule is CO[C@H]1[C@H](O)[C@@H]([C@H](O)c2ccccc2)O[C@H](CO)[C@H]1O. The number of benzene rings is 1. The van der Waals surface area contributed by atoms with Crippen molar-refractivity contribution in [3.05, 3.63) is 35.9 Å². The fraction of sp³-hybridized carbons (Fsp3) is 0.571. The Morgan fingerprint density at radius 1 is 1.20 bits per heavy atom. The first kappa shape index (κ1) is 15.4. The number of methoxy groups -OCH3 is 1. The molecule has 2 rings (SSSR count). The molecule has 1 aromatic rings. The lowest BCUT2D eigenvalue weighted by molar-refractivity contribution is -0.255. The van der Waals surface area contributed by atoms with E-state index >= 15 is 0 Å². The molecule has 6 heteroatoms. The number of hydrogen-bond donors (Lipinski definition) is 4. The predicted molar refractivity (Wildman–Crippen MR) is 70.0 cm³/mol. The Bertz CT molecular complexity index is 411. The lowest BCUT2D eigenvalue weighted by atomic mass is 9.90. The van der Waals surface area contributed by atoms with Crippen molar-refractivity contribution >= 4 is 0 Å². The normalized spacial score (nSPS) is 35.8. The molecule has 6 nitrogen and oxygen atoms in total. The molecule has 1 saturated heterocycles. The van der Waals surface area contributed by atoms with Crippen molar-refractivity contribution in [2.75, 3.05) is 13.7 Å². The van der Waals surface area contributed by atoms with Crippen molar-refractivity contribution in [2.45, 2.75) is 36.6 Å². The largest absolute Gasteiger partial charge is 0.394 e. The highest BCUT2D eigenvalue weighted by Crippen LogP contribution is 2.31. The molecule has 112 valence electrons. The van der Waals surface area contributed by atoms with Crippen LogP contribution in [0.1, 0.15) is 11.7 Å². The van der Waals surface area contributed by atoms with Crippen LogP contribution in [0.25, 0.3) is 0 Å². The Morgan fingerprint density at radius 2 is 1.85 bits per heavy atom. The zero-order chi connectivity index (χ0) is 14.7. The summed E-state index contributed by atoms with van der Waals surface area (Å²) >= 11 is 0. The van der Waals surface area contributed by atoms with Gasteiger partial charge in [0.15, 0.2) is 0 Å². The maximum Gasteiger partial charge on any atom is 0.117 e. The van der Waals surface area contributed by atoms with E-state index in [1.165, 1.54) is 7.11 Å². The molecule has 1 heterocycles. The molecule has 0 unspecified atom stereocenters. The van der Waals surface area contributed by atoms with E-state index < -0.39 is 43.2 Å². The summed E-state index contributed by atoms with van der Waals surface area (Å²) in [6.07, 6.45) is -6.25. The molecule has 1 aliphatic rings. The first-order chi connectivity index (χ1) is 9.60. The molecule has 0 spiro atoms. The summed E-state index contributed by atoms with van der Waals surface area (Å²) in [5.41, 5.74) is 0.583. The van der Waals surface area contributed by atoms with E-state index in [9.17, 15) is 20.4 Å². The zero-order valence-corrected chi connectivity index (χ0v) is 11.2. The molecular weight excluding hydrogens is 264 g/mol. The molecule has 0 amide bonds. The first-order valence-corrected chi connectivity index (χ1v) is 6.48. The van der Waals surface area contributed by atoms with E-state index in [-0.39, 0.29) is 0 Å². The third-order valence-corrected chi connectivity index (χ3v) is 3.63. The van der Waals surface area contributed by atoms with Crippen molar-refractivity contribution in [3.8, 4) is 0 Å². The molecule has 1 aromatic carbocycles. The lowest BCUT2D eigenvalue weighted by Gasteiger charge is -2.43. The fourth-order valence-corrected chi connectivity index (χ4v) is 2.49. The summed E-state index contributed by atoms with van der Waals surface area (Å²) in [6, 6.07) is 8.76. The van der Waals surface area contributed by atoms with Crippen LogP contribution in [0.2, 0.25) is 0 Å². The predicted octanol–water partition coefficient (Wildman–Crippen LogP) is -0.784. The summed E-state index contributed by atoms with van der Waals surface area (Å²) in [4.78, 5) is 0. The second kappa shape index (κ2) is 6.62. The van der Waals surface area contributed by atoms with Crippen molar-refractivity contribution in [1.29, 1.82) is 0 Å². The number of rotatable bonds is 4. The first-order valence-electron chi connectivity index (χ1n) is 6.48. The van der Waals surface area contributed by atoms with Gasteiger partial charge in [0, 0.05) is 7.11 Å². The van der Waals surface area contributed by atoms with Crippen molar-refractivity contribution in [2.24, 2.45) is 0 Å². The molecule has 1 fully saturated rings. The Labute approximate surface area is 117 Å². The molecule has 0 aliphatic carbocycles. The van der Waals surface area contributed by atoms with Crippen molar-refractivity contribution < 1.29 is 29.9 Å². The molecule has 20 heavy (non-hydrogen) atoms. The van der Waals surface area contributed by atoms with E-state index in [0.717, 1.165) is 0 Å². The Balaban J connectivity index is 2.21. The summed E-state index contributed by atoms with van der Waals surface area (Å²) < 4.78 is 10.5. The van der Waals surface area contributed by atoms with Crippen molar-refractivity contribution in [1.82, 2.24) is 0 Å². The van der Waals surface area contributed by atoms with Crippen LogP contribution >= 0.6 is 0 Å². The number of hydrogen-bond acceptors (Lipinski definition) is 6. The average Bonchev–Trinajstić information content (AvgIpc) is 2.48. The Hall–Kier alpha value is -1.02. The molecule has 6 atom stereocenters. The number of aliphatic hydroxyl groups is 4. The summed E-state index contributed by atoms with van der Waals surface area (Å²) in [5.74, 6) is 0. The maximum absolute atomic E-state index is 10.3. The van der Waals surface area contributed by atoms with Crippen LogP contribution in [0.5, 0.6) is 0 Å². The van der Waals surface area contributed by atoms with Gasteiger partial charge in [0.05, 0.1) is 6.61 Å². The quantitative estimate of drug-likeness (QED) is 0.579. The van der Waals surface area contributed by atoms with Gasteiger partial charge in [-0.2, -0.15) is 0 Å².